The molecule has 1 saturated carbocycles. The predicted molar refractivity (Wildman–Crippen MR) is 85.3 cm³/mol. The number of hydrogen-bond acceptors (Lipinski definition) is 3. The third kappa shape index (κ3) is 4.19. The molecule has 1 aliphatic carbocycles. The van der Waals surface area contributed by atoms with Gasteiger partial charge in [0.25, 0.3) is 0 Å². The summed E-state index contributed by atoms with van der Waals surface area (Å²) in [6, 6.07) is 1.48. The SMILES string of the molecule is CC1CCCCN1CCCN1CCCC(NC2CC2)C1=O. The standard InChI is InChI=1S/C17H31N3O/c1-14-6-2-3-10-19(14)12-5-13-20-11-4-7-16(17(20)21)18-15-8-9-15/h14-16,18H,2-13H2,1H3. The van der Waals surface area contributed by atoms with E-state index in [4.69, 9.17) is 0 Å². The average Bonchev–Trinajstić information content (AvgIpc) is 3.29. The summed E-state index contributed by atoms with van der Waals surface area (Å²) >= 11 is 0. The summed E-state index contributed by atoms with van der Waals surface area (Å²) < 4.78 is 0. The summed E-state index contributed by atoms with van der Waals surface area (Å²) in [4.78, 5) is 17.2. The first-order chi connectivity index (χ1) is 10.2. The normalized spacial score (nSPS) is 31.7. The number of nitrogens with one attached hydrogen (secondary N) is 1. The largest absolute Gasteiger partial charge is 0.341 e. The van der Waals surface area contributed by atoms with E-state index in [1.807, 2.05) is 0 Å². The molecule has 3 rings (SSSR count). The summed E-state index contributed by atoms with van der Waals surface area (Å²) in [7, 11) is 0. The molecule has 2 saturated heterocycles. The van der Waals surface area contributed by atoms with Crippen LogP contribution in [0.3, 0.4) is 0 Å². The van der Waals surface area contributed by atoms with Gasteiger partial charge in [0.2, 0.25) is 5.91 Å². The number of hydrogen-bond donors (Lipinski definition) is 1. The maximum Gasteiger partial charge on any atom is 0.239 e. The van der Waals surface area contributed by atoms with Crippen molar-refractivity contribution in [3.63, 3.8) is 0 Å². The molecule has 2 heterocycles. The molecule has 0 spiro atoms. The van der Waals surface area contributed by atoms with E-state index in [0.717, 1.165) is 44.9 Å². The molecule has 1 N–H and O–H groups in total. The van der Waals surface area contributed by atoms with Crippen molar-refractivity contribution < 1.29 is 4.79 Å². The molecular formula is C17H31N3O. The average molecular weight is 293 g/mol. The second-order valence-corrected chi connectivity index (χ2v) is 7.20. The molecular weight excluding hydrogens is 262 g/mol. The van der Waals surface area contributed by atoms with Crippen LogP contribution < -0.4 is 5.32 Å². The summed E-state index contributed by atoms with van der Waals surface area (Å²) in [5, 5.41) is 3.52. The highest BCUT2D eigenvalue weighted by atomic mass is 16.2. The van der Waals surface area contributed by atoms with Gasteiger partial charge in [0, 0.05) is 31.7 Å². The number of nitrogens with zero attached hydrogens (tertiary/aromatic N) is 2. The van der Waals surface area contributed by atoms with E-state index >= 15 is 0 Å². The van der Waals surface area contributed by atoms with Gasteiger partial charge in [-0.2, -0.15) is 0 Å². The molecule has 3 aliphatic rings. The lowest BCUT2D eigenvalue weighted by Crippen LogP contribution is -2.51. The van der Waals surface area contributed by atoms with Gasteiger partial charge in [-0.25, -0.2) is 0 Å². The smallest absolute Gasteiger partial charge is 0.239 e. The van der Waals surface area contributed by atoms with Gasteiger partial charge in [-0.3, -0.25) is 4.79 Å². The predicted octanol–water partition coefficient (Wildman–Crippen LogP) is 1.99. The van der Waals surface area contributed by atoms with Gasteiger partial charge in [0.05, 0.1) is 6.04 Å². The van der Waals surface area contributed by atoms with E-state index in [2.05, 4.69) is 22.0 Å². The monoisotopic (exact) mass is 293 g/mol. The second-order valence-electron chi connectivity index (χ2n) is 7.20. The Morgan fingerprint density at radius 2 is 1.90 bits per heavy atom. The Kier molecular flexibility index (Phi) is 5.17. The van der Waals surface area contributed by atoms with Crippen LogP contribution in [0.25, 0.3) is 0 Å². The van der Waals surface area contributed by atoms with E-state index in [1.54, 1.807) is 0 Å². The number of carbonyl (C=O) groups is 1. The molecule has 4 heteroatoms. The lowest BCUT2D eigenvalue weighted by Gasteiger charge is -2.36. The van der Waals surface area contributed by atoms with Crippen LogP contribution in [0.5, 0.6) is 0 Å². The summed E-state index contributed by atoms with van der Waals surface area (Å²) in [5.41, 5.74) is 0. The van der Waals surface area contributed by atoms with Crippen molar-refractivity contribution in [3.8, 4) is 0 Å². The number of piperidine rings is 2. The summed E-state index contributed by atoms with van der Waals surface area (Å²) in [5.74, 6) is 0.361. The Labute approximate surface area is 129 Å². The van der Waals surface area contributed by atoms with Crippen LogP contribution in [0, 0.1) is 0 Å². The Bertz CT molecular complexity index is 356. The van der Waals surface area contributed by atoms with Crippen LogP contribution in [0.15, 0.2) is 0 Å². The van der Waals surface area contributed by atoms with Crippen LogP contribution in [0.1, 0.15) is 58.3 Å². The van der Waals surface area contributed by atoms with Gasteiger partial charge in [0.15, 0.2) is 0 Å². The number of carbonyl (C=O) groups excluding carboxylic acids is 1. The summed E-state index contributed by atoms with van der Waals surface area (Å²) in [6.07, 6.45) is 9.93. The summed E-state index contributed by atoms with van der Waals surface area (Å²) in [6.45, 7) is 6.68. The van der Waals surface area contributed by atoms with Crippen LogP contribution in [-0.2, 0) is 4.79 Å². The molecule has 0 aromatic heterocycles. The van der Waals surface area contributed by atoms with Crippen LogP contribution in [0.4, 0.5) is 0 Å². The fourth-order valence-corrected chi connectivity index (χ4v) is 3.81. The zero-order valence-electron chi connectivity index (χ0n) is 13.5. The topological polar surface area (TPSA) is 35.6 Å². The minimum atomic E-state index is 0.111. The van der Waals surface area contributed by atoms with Crippen molar-refractivity contribution in [3.05, 3.63) is 0 Å². The van der Waals surface area contributed by atoms with Gasteiger partial charge in [-0.1, -0.05) is 6.42 Å². The van der Waals surface area contributed by atoms with Crippen LogP contribution in [-0.4, -0.2) is 60.0 Å². The maximum absolute atomic E-state index is 12.5. The van der Waals surface area contributed by atoms with Gasteiger partial charge in [0.1, 0.15) is 0 Å². The molecule has 21 heavy (non-hydrogen) atoms. The van der Waals surface area contributed by atoms with E-state index in [9.17, 15) is 4.79 Å². The third-order valence-corrected chi connectivity index (χ3v) is 5.36. The van der Waals surface area contributed by atoms with Gasteiger partial charge in [-0.15, -0.1) is 0 Å². The minimum Gasteiger partial charge on any atom is -0.341 e. The van der Waals surface area contributed by atoms with Crippen LogP contribution in [0.2, 0.25) is 0 Å². The first kappa shape index (κ1) is 15.3. The van der Waals surface area contributed by atoms with Gasteiger partial charge < -0.3 is 15.1 Å². The molecule has 4 nitrogen and oxygen atoms in total. The lowest BCUT2D eigenvalue weighted by molar-refractivity contribution is -0.136. The fourth-order valence-electron chi connectivity index (χ4n) is 3.81. The molecule has 1 amide bonds. The number of amides is 1. The highest BCUT2D eigenvalue weighted by Crippen LogP contribution is 2.23. The highest BCUT2D eigenvalue weighted by molar-refractivity contribution is 5.82. The molecule has 2 atom stereocenters. The molecule has 0 aromatic carbocycles. The molecule has 0 aromatic rings. The first-order valence-corrected chi connectivity index (χ1v) is 9.03. The van der Waals surface area contributed by atoms with E-state index in [1.165, 1.54) is 38.6 Å². The quantitative estimate of drug-likeness (QED) is 0.813. The van der Waals surface area contributed by atoms with E-state index < -0.39 is 0 Å². The van der Waals surface area contributed by atoms with Crippen LogP contribution >= 0.6 is 0 Å². The van der Waals surface area contributed by atoms with Crippen molar-refractivity contribution in [1.29, 1.82) is 0 Å². The molecule has 120 valence electrons. The Balaban J connectivity index is 1.40. The van der Waals surface area contributed by atoms with Crippen molar-refractivity contribution in [2.24, 2.45) is 0 Å². The van der Waals surface area contributed by atoms with E-state index in [0.29, 0.717) is 11.9 Å². The van der Waals surface area contributed by atoms with Gasteiger partial charge >= 0.3 is 0 Å². The third-order valence-electron chi connectivity index (χ3n) is 5.36. The Morgan fingerprint density at radius 3 is 2.67 bits per heavy atom. The zero-order valence-corrected chi connectivity index (χ0v) is 13.5. The lowest BCUT2D eigenvalue weighted by atomic mass is 10.0. The van der Waals surface area contributed by atoms with Crippen molar-refractivity contribution in [2.75, 3.05) is 26.2 Å². The Morgan fingerprint density at radius 1 is 1.05 bits per heavy atom. The molecule has 3 fully saturated rings. The maximum atomic E-state index is 12.5. The number of likely N-dealkylation sites (tertiary alicyclic amines) is 2. The fraction of sp³-hybridized carbons (Fsp3) is 0.941. The molecule has 2 unspecified atom stereocenters. The number of rotatable bonds is 6. The molecule has 0 bridgehead atoms. The highest BCUT2D eigenvalue weighted by Gasteiger charge is 2.33. The minimum absolute atomic E-state index is 0.111. The van der Waals surface area contributed by atoms with Gasteiger partial charge in [-0.05, 0) is 58.4 Å². The van der Waals surface area contributed by atoms with Crippen molar-refractivity contribution in [2.45, 2.75) is 76.4 Å². The first-order valence-electron chi connectivity index (χ1n) is 9.03. The molecule has 2 aliphatic heterocycles. The zero-order chi connectivity index (χ0) is 14.7. The second kappa shape index (κ2) is 7.10. The molecule has 0 radical (unpaired) electrons. The van der Waals surface area contributed by atoms with Crippen molar-refractivity contribution >= 4 is 5.91 Å². The van der Waals surface area contributed by atoms with E-state index in [-0.39, 0.29) is 6.04 Å². The Hall–Kier alpha value is -0.610. The van der Waals surface area contributed by atoms with Crippen molar-refractivity contribution in [1.82, 2.24) is 15.1 Å².